The molecule has 5 atom stereocenters. The van der Waals surface area contributed by atoms with Crippen LogP contribution in [0.5, 0.6) is 0 Å². The topological polar surface area (TPSA) is 170 Å². The van der Waals surface area contributed by atoms with Gasteiger partial charge in [0.15, 0.2) is 6.29 Å². The number of aromatic carboxylic acids is 1. The predicted octanol–water partition coefficient (Wildman–Crippen LogP) is -3.05. The van der Waals surface area contributed by atoms with Crippen molar-refractivity contribution in [2.45, 2.75) is 37.3 Å². The number of carbonyl (C=O) groups excluding carboxylic acids is 1. The van der Waals surface area contributed by atoms with Crippen LogP contribution in [0.15, 0.2) is 30.5 Å². The van der Waals surface area contributed by atoms with Crippen LogP contribution in [0, 0.1) is 0 Å². The lowest BCUT2D eigenvalue weighted by Gasteiger charge is -2.39. The third-order valence-electron chi connectivity index (χ3n) is 4.15. The standard InChI is InChI=1S/C16H19N3O8/c20-6-11-12(21)13(22)14(23)16(27-11)26-7-9-5-19(18-17-9)10-3-1-8(2-4-10)15(24)25/h1-5,11-14,16,20-23H,6-7H2,(H,24,25)/p-1/t11-,12-,13+,14+,16+/m1/s1. The molecule has 11 heteroatoms. The summed E-state index contributed by atoms with van der Waals surface area (Å²) < 4.78 is 12.0. The zero-order valence-corrected chi connectivity index (χ0v) is 14.0. The molecule has 146 valence electrons. The lowest BCUT2D eigenvalue weighted by Crippen LogP contribution is -2.59. The molecule has 0 saturated carbocycles. The number of aromatic nitrogens is 3. The normalized spacial score (nSPS) is 28.2. The van der Waals surface area contributed by atoms with Crippen LogP contribution in [-0.2, 0) is 16.1 Å². The van der Waals surface area contributed by atoms with E-state index < -0.39 is 43.3 Å². The van der Waals surface area contributed by atoms with Gasteiger partial charge in [-0.1, -0.05) is 17.3 Å². The number of carboxylic acid groups (broad SMARTS) is 1. The van der Waals surface area contributed by atoms with Gasteiger partial charge in [-0.05, 0) is 17.7 Å². The Morgan fingerprint density at radius 1 is 1.19 bits per heavy atom. The SMILES string of the molecule is O=C([O-])c1ccc(-n2cc(CO[C@H]3O[C@H](CO)[C@@H](O)[C@H](O)[C@@H]3O)nn2)cc1. The first-order valence-electron chi connectivity index (χ1n) is 8.06. The van der Waals surface area contributed by atoms with Crippen LogP contribution >= 0.6 is 0 Å². The average molecular weight is 380 g/mol. The second-order valence-corrected chi connectivity index (χ2v) is 6.00. The number of carboxylic acids is 1. The first kappa shape index (κ1) is 19.4. The summed E-state index contributed by atoms with van der Waals surface area (Å²) >= 11 is 0. The molecule has 0 radical (unpaired) electrons. The fourth-order valence-corrected chi connectivity index (χ4v) is 2.61. The van der Waals surface area contributed by atoms with Gasteiger partial charge in [-0.3, -0.25) is 0 Å². The summed E-state index contributed by atoms with van der Waals surface area (Å²) in [6.07, 6.45) is -5.30. The summed E-state index contributed by atoms with van der Waals surface area (Å²) in [4.78, 5) is 10.8. The summed E-state index contributed by atoms with van der Waals surface area (Å²) in [6, 6.07) is 5.80. The lowest BCUT2D eigenvalue weighted by atomic mass is 9.99. The minimum atomic E-state index is -1.53. The average Bonchev–Trinajstić information content (AvgIpc) is 3.15. The van der Waals surface area contributed by atoms with Crippen LogP contribution in [0.25, 0.3) is 5.69 Å². The van der Waals surface area contributed by atoms with Crippen molar-refractivity contribution in [3.63, 3.8) is 0 Å². The van der Waals surface area contributed by atoms with Crippen molar-refractivity contribution in [1.82, 2.24) is 15.0 Å². The highest BCUT2D eigenvalue weighted by Gasteiger charge is 2.44. The number of benzene rings is 1. The molecular weight excluding hydrogens is 362 g/mol. The van der Waals surface area contributed by atoms with Crippen molar-refractivity contribution in [3.8, 4) is 5.69 Å². The third-order valence-corrected chi connectivity index (χ3v) is 4.15. The minimum absolute atomic E-state index is 0.0324. The fraction of sp³-hybridized carbons (Fsp3) is 0.438. The number of aliphatic hydroxyl groups excluding tert-OH is 4. The summed E-state index contributed by atoms with van der Waals surface area (Å²) in [7, 11) is 0. The minimum Gasteiger partial charge on any atom is -0.545 e. The van der Waals surface area contributed by atoms with E-state index in [9.17, 15) is 25.2 Å². The van der Waals surface area contributed by atoms with Crippen molar-refractivity contribution in [1.29, 1.82) is 0 Å². The molecule has 1 saturated heterocycles. The monoisotopic (exact) mass is 380 g/mol. The number of hydrogen-bond donors (Lipinski definition) is 4. The maximum Gasteiger partial charge on any atom is 0.187 e. The van der Waals surface area contributed by atoms with Crippen LogP contribution in [-0.4, -0.2) is 78.7 Å². The first-order chi connectivity index (χ1) is 12.9. The molecular formula is C16H18N3O8-. The van der Waals surface area contributed by atoms with Gasteiger partial charge in [-0.2, -0.15) is 0 Å². The molecule has 1 aliphatic rings. The number of carbonyl (C=O) groups is 1. The van der Waals surface area contributed by atoms with Gasteiger partial charge >= 0.3 is 0 Å². The van der Waals surface area contributed by atoms with E-state index in [1.54, 1.807) is 0 Å². The van der Waals surface area contributed by atoms with Gasteiger partial charge in [0.1, 0.15) is 30.1 Å². The smallest absolute Gasteiger partial charge is 0.187 e. The molecule has 1 aromatic carbocycles. The number of ether oxygens (including phenoxy) is 2. The molecule has 1 aromatic heterocycles. The van der Waals surface area contributed by atoms with Gasteiger partial charge in [-0.15, -0.1) is 5.10 Å². The van der Waals surface area contributed by atoms with Crippen molar-refractivity contribution >= 4 is 5.97 Å². The Kier molecular flexibility index (Phi) is 5.79. The Morgan fingerprint density at radius 3 is 2.52 bits per heavy atom. The van der Waals surface area contributed by atoms with Crippen molar-refractivity contribution < 1.29 is 39.8 Å². The molecule has 3 rings (SSSR count). The molecule has 11 nitrogen and oxygen atoms in total. The molecule has 0 aliphatic carbocycles. The largest absolute Gasteiger partial charge is 0.545 e. The summed E-state index contributed by atoms with van der Waals surface area (Å²) in [6.45, 7) is -0.678. The molecule has 0 unspecified atom stereocenters. The number of rotatable bonds is 6. The number of aliphatic hydroxyl groups is 4. The maximum atomic E-state index is 10.8. The molecule has 1 aliphatic heterocycles. The van der Waals surface area contributed by atoms with E-state index in [1.807, 2.05) is 0 Å². The molecule has 2 aromatic rings. The Hall–Kier alpha value is -2.41. The Bertz CT molecular complexity index is 778. The highest BCUT2D eigenvalue weighted by Crippen LogP contribution is 2.22. The van der Waals surface area contributed by atoms with E-state index in [2.05, 4.69) is 10.3 Å². The fourth-order valence-electron chi connectivity index (χ4n) is 2.61. The Labute approximate surface area is 153 Å². The van der Waals surface area contributed by atoms with E-state index in [-0.39, 0.29) is 12.2 Å². The summed E-state index contributed by atoms with van der Waals surface area (Å²) in [5, 5.41) is 57.1. The quantitative estimate of drug-likeness (QED) is 0.403. The molecule has 0 bridgehead atoms. The maximum absolute atomic E-state index is 10.8. The van der Waals surface area contributed by atoms with Crippen molar-refractivity contribution in [3.05, 3.63) is 41.7 Å². The highest BCUT2D eigenvalue weighted by atomic mass is 16.7. The third kappa shape index (κ3) is 4.13. The Balaban J connectivity index is 1.63. The molecule has 0 amide bonds. The van der Waals surface area contributed by atoms with E-state index in [0.717, 1.165) is 0 Å². The van der Waals surface area contributed by atoms with Gasteiger partial charge in [0.2, 0.25) is 0 Å². The van der Waals surface area contributed by atoms with Crippen LogP contribution in [0.4, 0.5) is 0 Å². The zero-order valence-electron chi connectivity index (χ0n) is 14.0. The van der Waals surface area contributed by atoms with E-state index in [1.165, 1.54) is 35.1 Å². The predicted molar refractivity (Wildman–Crippen MR) is 84.2 cm³/mol. The van der Waals surface area contributed by atoms with Crippen LogP contribution in [0.1, 0.15) is 16.1 Å². The van der Waals surface area contributed by atoms with Crippen LogP contribution < -0.4 is 5.11 Å². The van der Waals surface area contributed by atoms with Crippen LogP contribution in [0.2, 0.25) is 0 Å². The van der Waals surface area contributed by atoms with Gasteiger partial charge in [0.05, 0.1) is 31.1 Å². The van der Waals surface area contributed by atoms with Gasteiger partial charge in [-0.25, -0.2) is 4.68 Å². The number of nitrogens with zero attached hydrogens (tertiary/aromatic N) is 3. The van der Waals surface area contributed by atoms with E-state index in [4.69, 9.17) is 14.6 Å². The molecule has 1 fully saturated rings. The van der Waals surface area contributed by atoms with Gasteiger partial charge in [0, 0.05) is 0 Å². The molecule has 4 N–H and O–H groups in total. The van der Waals surface area contributed by atoms with E-state index in [0.29, 0.717) is 11.4 Å². The molecule has 27 heavy (non-hydrogen) atoms. The lowest BCUT2D eigenvalue weighted by molar-refractivity contribution is -0.304. The second-order valence-electron chi connectivity index (χ2n) is 6.00. The second kappa shape index (κ2) is 8.08. The van der Waals surface area contributed by atoms with E-state index >= 15 is 0 Å². The first-order valence-corrected chi connectivity index (χ1v) is 8.06. The van der Waals surface area contributed by atoms with Crippen LogP contribution in [0.3, 0.4) is 0 Å². The van der Waals surface area contributed by atoms with Gasteiger partial charge in [0.25, 0.3) is 0 Å². The highest BCUT2D eigenvalue weighted by molar-refractivity contribution is 5.85. The zero-order chi connectivity index (χ0) is 19.6. The molecule has 2 heterocycles. The summed E-state index contributed by atoms with van der Waals surface area (Å²) in [5.74, 6) is -1.28. The molecule has 0 spiro atoms. The number of hydrogen-bond acceptors (Lipinski definition) is 10. The van der Waals surface area contributed by atoms with Crippen molar-refractivity contribution in [2.75, 3.05) is 6.61 Å². The Morgan fingerprint density at radius 2 is 1.89 bits per heavy atom. The van der Waals surface area contributed by atoms with Crippen molar-refractivity contribution in [2.24, 2.45) is 0 Å². The van der Waals surface area contributed by atoms with Gasteiger partial charge < -0.3 is 39.8 Å². The summed E-state index contributed by atoms with van der Waals surface area (Å²) in [5.41, 5.74) is 0.965.